The minimum Gasteiger partial charge on any atom is -0.396 e. The zero-order valence-electron chi connectivity index (χ0n) is 16.5. The van der Waals surface area contributed by atoms with Gasteiger partial charge in [-0.05, 0) is 36.8 Å². The van der Waals surface area contributed by atoms with Crippen LogP contribution in [0.4, 0.5) is 0 Å². The molecular formula is C22H32N4O2+2. The zero-order chi connectivity index (χ0) is 19.6. The third-order valence-electron chi connectivity index (χ3n) is 4.89. The average Bonchev–Trinajstić information content (AvgIpc) is 3.33. The van der Waals surface area contributed by atoms with E-state index in [1.807, 2.05) is 0 Å². The van der Waals surface area contributed by atoms with E-state index < -0.39 is 0 Å². The molecule has 0 bridgehead atoms. The Morgan fingerprint density at radius 2 is 1.07 bits per heavy atom. The van der Waals surface area contributed by atoms with Gasteiger partial charge in [-0.1, -0.05) is 24.3 Å². The average molecular weight is 385 g/mol. The first-order valence-electron chi connectivity index (χ1n) is 10.2. The quantitative estimate of drug-likeness (QED) is 0.367. The summed E-state index contributed by atoms with van der Waals surface area (Å²) < 4.78 is 8.72. The normalized spacial score (nSPS) is 11.2. The maximum absolute atomic E-state index is 8.88. The molecule has 0 amide bonds. The Kier molecular flexibility index (Phi) is 7.82. The van der Waals surface area contributed by atoms with Crippen molar-refractivity contribution in [3.8, 4) is 0 Å². The third kappa shape index (κ3) is 6.32. The topological polar surface area (TPSA) is 58.1 Å². The molecule has 0 atom stereocenters. The number of aryl methyl sites for hydroxylation is 2. The SMILES string of the molecule is OCCCC[n+]1ccn(Cc2ccc(Cn3cc[n+](CCCCO)c3)cc2)c1. The number of benzene rings is 1. The van der Waals surface area contributed by atoms with E-state index >= 15 is 0 Å². The fraction of sp³-hybridized carbons (Fsp3) is 0.455. The molecule has 0 aliphatic heterocycles. The smallest absolute Gasteiger partial charge is 0.244 e. The van der Waals surface area contributed by atoms with Gasteiger partial charge in [-0.15, -0.1) is 0 Å². The summed E-state index contributed by atoms with van der Waals surface area (Å²) >= 11 is 0. The summed E-state index contributed by atoms with van der Waals surface area (Å²) in [7, 11) is 0. The van der Waals surface area contributed by atoms with Gasteiger partial charge in [0.15, 0.2) is 0 Å². The fourth-order valence-electron chi connectivity index (χ4n) is 3.31. The minimum absolute atomic E-state index is 0.264. The Labute approximate surface area is 166 Å². The molecule has 6 nitrogen and oxygen atoms in total. The van der Waals surface area contributed by atoms with Crippen molar-refractivity contribution in [3.05, 3.63) is 72.8 Å². The van der Waals surface area contributed by atoms with Gasteiger partial charge in [-0.25, -0.2) is 18.3 Å². The largest absolute Gasteiger partial charge is 0.396 e. The molecule has 0 fully saturated rings. The second kappa shape index (κ2) is 10.8. The van der Waals surface area contributed by atoms with Crippen molar-refractivity contribution in [2.75, 3.05) is 13.2 Å². The highest BCUT2D eigenvalue weighted by molar-refractivity contribution is 5.23. The number of aliphatic hydroxyl groups excluding tert-OH is 2. The van der Waals surface area contributed by atoms with Crippen LogP contribution in [0.25, 0.3) is 0 Å². The summed E-state index contributed by atoms with van der Waals surface area (Å²) in [5, 5.41) is 17.8. The van der Waals surface area contributed by atoms with Crippen LogP contribution in [-0.2, 0) is 26.2 Å². The number of rotatable bonds is 12. The van der Waals surface area contributed by atoms with Gasteiger partial charge in [0.25, 0.3) is 0 Å². The Bertz CT molecular complexity index is 754. The summed E-state index contributed by atoms with van der Waals surface area (Å²) in [6, 6.07) is 8.79. The van der Waals surface area contributed by atoms with E-state index in [9.17, 15) is 0 Å². The van der Waals surface area contributed by atoms with Gasteiger partial charge in [0.1, 0.15) is 37.9 Å². The highest BCUT2D eigenvalue weighted by Gasteiger charge is 2.07. The molecule has 0 unspecified atom stereocenters. The van der Waals surface area contributed by atoms with E-state index in [1.54, 1.807) is 0 Å². The molecule has 150 valence electrons. The molecule has 1 aromatic carbocycles. The zero-order valence-corrected chi connectivity index (χ0v) is 16.5. The summed E-state index contributed by atoms with van der Waals surface area (Å²) in [6.45, 7) is 4.15. The number of hydrogen-bond acceptors (Lipinski definition) is 2. The lowest BCUT2D eigenvalue weighted by atomic mass is 10.1. The van der Waals surface area contributed by atoms with Crippen LogP contribution in [0.3, 0.4) is 0 Å². The van der Waals surface area contributed by atoms with Crippen LogP contribution in [0.1, 0.15) is 36.8 Å². The van der Waals surface area contributed by atoms with Gasteiger partial charge in [-0.3, -0.25) is 0 Å². The van der Waals surface area contributed by atoms with Crippen LogP contribution >= 0.6 is 0 Å². The maximum atomic E-state index is 8.88. The molecule has 3 aromatic rings. The molecule has 0 radical (unpaired) electrons. The number of aliphatic hydroxyl groups is 2. The lowest BCUT2D eigenvalue weighted by molar-refractivity contribution is -0.697. The molecule has 0 saturated carbocycles. The van der Waals surface area contributed by atoms with Crippen LogP contribution < -0.4 is 9.13 Å². The second-order valence-electron chi connectivity index (χ2n) is 7.33. The number of unbranched alkanes of at least 4 members (excludes halogenated alkanes) is 2. The number of aromatic nitrogens is 4. The molecule has 2 N–H and O–H groups in total. The Morgan fingerprint density at radius 1 is 0.643 bits per heavy atom. The van der Waals surface area contributed by atoms with Gasteiger partial charge in [0.2, 0.25) is 12.7 Å². The molecule has 2 heterocycles. The molecule has 2 aromatic heterocycles. The summed E-state index contributed by atoms with van der Waals surface area (Å²) in [5.41, 5.74) is 2.57. The van der Waals surface area contributed by atoms with E-state index in [-0.39, 0.29) is 13.2 Å². The maximum Gasteiger partial charge on any atom is 0.244 e. The van der Waals surface area contributed by atoms with Crippen molar-refractivity contribution in [1.82, 2.24) is 9.13 Å². The highest BCUT2D eigenvalue weighted by Crippen LogP contribution is 2.08. The molecule has 0 aliphatic carbocycles. The van der Waals surface area contributed by atoms with Crippen LogP contribution in [0, 0.1) is 0 Å². The lowest BCUT2D eigenvalue weighted by Crippen LogP contribution is -2.31. The summed E-state index contributed by atoms with van der Waals surface area (Å²) in [4.78, 5) is 0. The lowest BCUT2D eigenvalue weighted by Gasteiger charge is -2.01. The first kappa shape index (κ1) is 20.3. The van der Waals surface area contributed by atoms with E-state index in [2.05, 4.69) is 80.0 Å². The molecule has 0 spiro atoms. The Morgan fingerprint density at radius 3 is 1.46 bits per heavy atom. The monoisotopic (exact) mass is 384 g/mol. The molecule has 0 saturated heterocycles. The Hall–Kier alpha value is -2.44. The van der Waals surface area contributed by atoms with Crippen molar-refractivity contribution in [3.63, 3.8) is 0 Å². The van der Waals surface area contributed by atoms with E-state index in [1.165, 1.54) is 11.1 Å². The molecule has 28 heavy (non-hydrogen) atoms. The first-order valence-corrected chi connectivity index (χ1v) is 10.2. The van der Waals surface area contributed by atoms with Crippen LogP contribution in [0.2, 0.25) is 0 Å². The third-order valence-corrected chi connectivity index (χ3v) is 4.89. The van der Waals surface area contributed by atoms with Crippen molar-refractivity contribution in [2.24, 2.45) is 0 Å². The van der Waals surface area contributed by atoms with Gasteiger partial charge in [0.05, 0.1) is 13.1 Å². The van der Waals surface area contributed by atoms with Gasteiger partial charge < -0.3 is 10.2 Å². The van der Waals surface area contributed by atoms with E-state index in [0.29, 0.717) is 0 Å². The van der Waals surface area contributed by atoms with E-state index in [4.69, 9.17) is 10.2 Å². The van der Waals surface area contributed by atoms with Crippen LogP contribution in [-0.4, -0.2) is 32.6 Å². The molecule has 6 heteroatoms. The highest BCUT2D eigenvalue weighted by atomic mass is 16.3. The molecular weight excluding hydrogens is 352 g/mol. The first-order chi connectivity index (χ1) is 13.8. The van der Waals surface area contributed by atoms with Gasteiger partial charge in [-0.2, -0.15) is 0 Å². The van der Waals surface area contributed by atoms with Crippen molar-refractivity contribution in [2.45, 2.75) is 51.9 Å². The van der Waals surface area contributed by atoms with Gasteiger partial charge in [0, 0.05) is 13.2 Å². The summed E-state index contributed by atoms with van der Waals surface area (Å²) in [5.74, 6) is 0. The van der Waals surface area contributed by atoms with Crippen LogP contribution in [0.5, 0.6) is 0 Å². The van der Waals surface area contributed by atoms with E-state index in [0.717, 1.165) is 51.9 Å². The van der Waals surface area contributed by atoms with Crippen molar-refractivity contribution < 1.29 is 19.3 Å². The molecule has 0 aliphatic rings. The van der Waals surface area contributed by atoms with Crippen molar-refractivity contribution in [1.29, 1.82) is 0 Å². The number of hydrogen-bond donors (Lipinski definition) is 2. The predicted molar refractivity (Wildman–Crippen MR) is 107 cm³/mol. The fourth-order valence-corrected chi connectivity index (χ4v) is 3.31. The van der Waals surface area contributed by atoms with Crippen LogP contribution in [0.15, 0.2) is 61.7 Å². The standard InChI is InChI=1S/C22H32N4O2/c27-15-3-1-9-23-11-13-25(19-23)17-21-5-7-22(8-6-21)18-26-14-12-24(20-26)10-2-4-16-28/h5-8,11-14,19-20,27-28H,1-4,9-10,15-18H2/q+2. The van der Waals surface area contributed by atoms with Gasteiger partial charge >= 0.3 is 0 Å². The number of nitrogens with zero attached hydrogens (tertiary/aromatic N) is 4. The predicted octanol–water partition coefficient (Wildman–Crippen LogP) is 1.51. The summed E-state index contributed by atoms with van der Waals surface area (Å²) in [6.07, 6.45) is 16.3. The second-order valence-corrected chi connectivity index (χ2v) is 7.33. The van der Waals surface area contributed by atoms with Crippen molar-refractivity contribution >= 4 is 0 Å². The Balaban J connectivity index is 1.49. The molecule has 3 rings (SSSR count). The minimum atomic E-state index is 0.264. The number of imidazole rings is 2.